The second-order valence-corrected chi connectivity index (χ2v) is 5.87. The molecule has 0 unspecified atom stereocenters. The standard InChI is InChI=1S/C18H18ClNO3/c1-10-4-5-11(2)14(8-10)17(21)12(3)23-18(22)13-6-7-15(19)16(20)9-13/h4-9,12H,20H2,1-3H3/t12-/m0/s1. The minimum Gasteiger partial charge on any atom is -0.451 e. The van der Waals surface area contributed by atoms with Crippen LogP contribution in [-0.2, 0) is 4.74 Å². The van der Waals surface area contributed by atoms with Crippen molar-refractivity contribution in [3.63, 3.8) is 0 Å². The van der Waals surface area contributed by atoms with Gasteiger partial charge >= 0.3 is 5.97 Å². The van der Waals surface area contributed by atoms with E-state index in [4.69, 9.17) is 22.1 Å². The highest BCUT2D eigenvalue weighted by Crippen LogP contribution is 2.21. The Morgan fingerprint density at radius 2 is 1.83 bits per heavy atom. The Hall–Kier alpha value is -2.33. The van der Waals surface area contributed by atoms with Crippen LogP contribution in [0.15, 0.2) is 36.4 Å². The van der Waals surface area contributed by atoms with Crippen LogP contribution in [0.2, 0.25) is 5.02 Å². The molecule has 2 aromatic carbocycles. The quantitative estimate of drug-likeness (QED) is 0.523. The molecule has 4 nitrogen and oxygen atoms in total. The molecular formula is C18H18ClNO3. The van der Waals surface area contributed by atoms with E-state index in [1.807, 2.05) is 26.0 Å². The third-order valence-corrected chi connectivity index (χ3v) is 3.89. The maximum Gasteiger partial charge on any atom is 0.338 e. The molecule has 0 saturated heterocycles. The Morgan fingerprint density at radius 1 is 1.13 bits per heavy atom. The Balaban J connectivity index is 2.15. The van der Waals surface area contributed by atoms with E-state index >= 15 is 0 Å². The molecule has 0 aromatic heterocycles. The number of ketones is 1. The zero-order valence-corrected chi connectivity index (χ0v) is 14.0. The second kappa shape index (κ2) is 6.84. The number of ether oxygens (including phenoxy) is 1. The van der Waals surface area contributed by atoms with Crippen molar-refractivity contribution in [2.45, 2.75) is 26.9 Å². The number of halogens is 1. The summed E-state index contributed by atoms with van der Waals surface area (Å²) < 4.78 is 5.26. The highest BCUT2D eigenvalue weighted by molar-refractivity contribution is 6.33. The number of nitrogens with two attached hydrogens (primary N) is 1. The number of aryl methyl sites for hydroxylation is 2. The summed E-state index contributed by atoms with van der Waals surface area (Å²) in [6.07, 6.45) is -0.889. The first-order chi connectivity index (χ1) is 10.8. The fraction of sp³-hybridized carbons (Fsp3) is 0.222. The van der Waals surface area contributed by atoms with Crippen LogP contribution in [0, 0.1) is 13.8 Å². The minimum atomic E-state index is -0.889. The van der Waals surface area contributed by atoms with Crippen molar-refractivity contribution >= 4 is 29.0 Å². The summed E-state index contributed by atoms with van der Waals surface area (Å²) in [6, 6.07) is 10.1. The normalized spacial score (nSPS) is 11.8. The highest BCUT2D eigenvalue weighted by Gasteiger charge is 2.22. The molecule has 2 aromatic rings. The number of benzene rings is 2. The zero-order valence-electron chi connectivity index (χ0n) is 13.2. The molecule has 0 bridgehead atoms. The lowest BCUT2D eigenvalue weighted by molar-refractivity contribution is 0.0318. The molecule has 0 aliphatic heterocycles. The average molecular weight is 332 g/mol. The lowest BCUT2D eigenvalue weighted by Crippen LogP contribution is -2.25. The van der Waals surface area contributed by atoms with Gasteiger partial charge in [0.25, 0.3) is 0 Å². The van der Waals surface area contributed by atoms with E-state index in [-0.39, 0.29) is 17.0 Å². The second-order valence-electron chi connectivity index (χ2n) is 5.47. The van der Waals surface area contributed by atoms with Crippen molar-refractivity contribution in [1.82, 2.24) is 0 Å². The van der Waals surface area contributed by atoms with Crippen molar-refractivity contribution in [2.75, 3.05) is 5.73 Å². The van der Waals surface area contributed by atoms with E-state index in [1.165, 1.54) is 18.2 Å². The van der Waals surface area contributed by atoms with Gasteiger partial charge in [0, 0.05) is 5.56 Å². The average Bonchev–Trinajstić information content (AvgIpc) is 2.51. The Morgan fingerprint density at radius 3 is 2.48 bits per heavy atom. The lowest BCUT2D eigenvalue weighted by Gasteiger charge is -2.14. The van der Waals surface area contributed by atoms with Gasteiger partial charge in [-0.25, -0.2) is 4.79 Å². The summed E-state index contributed by atoms with van der Waals surface area (Å²) in [6.45, 7) is 5.31. The number of nitrogen functional groups attached to an aromatic ring is 1. The van der Waals surface area contributed by atoms with Crippen LogP contribution in [0.4, 0.5) is 5.69 Å². The first-order valence-electron chi connectivity index (χ1n) is 7.17. The summed E-state index contributed by atoms with van der Waals surface area (Å²) in [5.74, 6) is -0.846. The third-order valence-electron chi connectivity index (χ3n) is 3.54. The van der Waals surface area contributed by atoms with Crippen LogP contribution in [0.1, 0.15) is 38.8 Å². The Kier molecular flexibility index (Phi) is 5.06. The van der Waals surface area contributed by atoms with Gasteiger partial charge in [0.2, 0.25) is 5.78 Å². The topological polar surface area (TPSA) is 69.4 Å². The van der Waals surface area contributed by atoms with Crippen LogP contribution >= 0.6 is 11.6 Å². The molecular weight excluding hydrogens is 314 g/mol. The predicted molar refractivity (Wildman–Crippen MR) is 91.0 cm³/mol. The summed E-state index contributed by atoms with van der Waals surface area (Å²) >= 11 is 5.82. The number of esters is 1. The minimum absolute atomic E-state index is 0.235. The van der Waals surface area contributed by atoms with Crippen LogP contribution in [0.25, 0.3) is 0 Å². The number of hydrogen-bond donors (Lipinski definition) is 1. The van der Waals surface area contributed by atoms with E-state index in [9.17, 15) is 9.59 Å². The fourth-order valence-electron chi connectivity index (χ4n) is 2.17. The molecule has 1 atom stereocenters. The van der Waals surface area contributed by atoms with Crippen molar-refractivity contribution in [2.24, 2.45) is 0 Å². The maximum absolute atomic E-state index is 12.5. The van der Waals surface area contributed by atoms with Crippen LogP contribution in [-0.4, -0.2) is 17.9 Å². The number of rotatable bonds is 4. The van der Waals surface area contributed by atoms with Crippen LogP contribution in [0.3, 0.4) is 0 Å². The molecule has 2 rings (SSSR count). The molecule has 2 N–H and O–H groups in total. The SMILES string of the molecule is Cc1ccc(C)c(C(=O)[C@H](C)OC(=O)c2ccc(Cl)c(N)c2)c1. The van der Waals surface area contributed by atoms with E-state index in [0.717, 1.165) is 11.1 Å². The van der Waals surface area contributed by atoms with Gasteiger partial charge in [0.1, 0.15) is 0 Å². The largest absolute Gasteiger partial charge is 0.451 e. The summed E-state index contributed by atoms with van der Waals surface area (Å²) in [4.78, 5) is 24.6. The van der Waals surface area contributed by atoms with Gasteiger partial charge < -0.3 is 10.5 Å². The van der Waals surface area contributed by atoms with Gasteiger partial charge in [0.05, 0.1) is 16.3 Å². The molecule has 0 saturated carbocycles. The number of carbonyl (C=O) groups excluding carboxylic acids is 2. The monoisotopic (exact) mass is 331 g/mol. The Bertz CT molecular complexity index is 771. The molecule has 23 heavy (non-hydrogen) atoms. The molecule has 120 valence electrons. The number of anilines is 1. The van der Waals surface area contributed by atoms with E-state index in [2.05, 4.69) is 0 Å². The molecule has 0 fully saturated rings. The van der Waals surface area contributed by atoms with E-state index in [1.54, 1.807) is 13.0 Å². The van der Waals surface area contributed by atoms with Crippen molar-refractivity contribution < 1.29 is 14.3 Å². The van der Waals surface area contributed by atoms with Gasteiger partial charge in [-0.2, -0.15) is 0 Å². The smallest absolute Gasteiger partial charge is 0.338 e. The van der Waals surface area contributed by atoms with E-state index in [0.29, 0.717) is 10.6 Å². The summed E-state index contributed by atoms with van der Waals surface area (Å²) in [5.41, 5.74) is 8.59. The number of carbonyl (C=O) groups is 2. The van der Waals surface area contributed by atoms with Gasteiger partial charge in [0.15, 0.2) is 6.10 Å². The highest BCUT2D eigenvalue weighted by atomic mass is 35.5. The van der Waals surface area contributed by atoms with Crippen molar-refractivity contribution in [1.29, 1.82) is 0 Å². The molecule has 0 radical (unpaired) electrons. The maximum atomic E-state index is 12.5. The number of hydrogen-bond acceptors (Lipinski definition) is 4. The van der Waals surface area contributed by atoms with E-state index < -0.39 is 12.1 Å². The molecule has 0 aliphatic carbocycles. The van der Waals surface area contributed by atoms with Gasteiger partial charge in [-0.1, -0.05) is 29.3 Å². The van der Waals surface area contributed by atoms with Crippen molar-refractivity contribution in [3.05, 3.63) is 63.7 Å². The zero-order chi connectivity index (χ0) is 17.1. The van der Waals surface area contributed by atoms with Gasteiger partial charge in [-0.3, -0.25) is 4.79 Å². The lowest BCUT2D eigenvalue weighted by atomic mass is 9.99. The molecule has 0 amide bonds. The fourth-order valence-corrected chi connectivity index (χ4v) is 2.29. The molecule has 0 heterocycles. The first-order valence-corrected chi connectivity index (χ1v) is 7.55. The predicted octanol–water partition coefficient (Wildman–Crippen LogP) is 3.97. The summed E-state index contributed by atoms with van der Waals surface area (Å²) in [5, 5.41) is 0.362. The third kappa shape index (κ3) is 3.90. The van der Waals surface area contributed by atoms with Crippen molar-refractivity contribution in [3.8, 4) is 0 Å². The first kappa shape index (κ1) is 17.0. The molecule has 5 heteroatoms. The summed E-state index contributed by atoms with van der Waals surface area (Å²) in [7, 11) is 0. The molecule has 0 spiro atoms. The van der Waals surface area contributed by atoms with Crippen LogP contribution in [0.5, 0.6) is 0 Å². The van der Waals surface area contributed by atoms with Crippen LogP contribution < -0.4 is 5.73 Å². The number of Topliss-reactive ketones (excluding diaryl/α,β-unsaturated/α-hetero) is 1. The van der Waals surface area contributed by atoms with Gasteiger partial charge in [-0.05, 0) is 50.6 Å². The van der Waals surface area contributed by atoms with Gasteiger partial charge in [-0.15, -0.1) is 0 Å². The Labute approximate surface area is 140 Å². The molecule has 0 aliphatic rings.